The molecule has 2 aromatic rings. The molecule has 0 amide bonds. The van der Waals surface area contributed by atoms with E-state index in [9.17, 15) is 14.4 Å². The summed E-state index contributed by atoms with van der Waals surface area (Å²) in [5, 5.41) is 22.1. The summed E-state index contributed by atoms with van der Waals surface area (Å²) in [5.41, 5.74) is 0.402. The Bertz CT molecular complexity index is 807. The van der Waals surface area contributed by atoms with Crippen LogP contribution in [0.15, 0.2) is 34.1 Å². The summed E-state index contributed by atoms with van der Waals surface area (Å²) in [6.45, 7) is 11.6. The van der Waals surface area contributed by atoms with E-state index in [1.165, 1.54) is 12.1 Å². The predicted octanol–water partition coefficient (Wildman–Crippen LogP) is 6.17. The average Bonchev–Trinajstić information content (AvgIpc) is 2.48. The van der Waals surface area contributed by atoms with Gasteiger partial charge in [0, 0.05) is 21.2 Å². The molecule has 2 aromatic carbocycles. The average molecular weight is 415 g/mol. The van der Waals surface area contributed by atoms with Gasteiger partial charge in [0.2, 0.25) is 0 Å². The summed E-state index contributed by atoms with van der Waals surface area (Å²) in [7, 11) is -1.85. The van der Waals surface area contributed by atoms with Crippen LogP contribution in [0.3, 0.4) is 0 Å². The van der Waals surface area contributed by atoms with E-state index in [-0.39, 0.29) is 32.1 Å². The first-order valence-electron chi connectivity index (χ1n) is 8.21. The van der Waals surface area contributed by atoms with Gasteiger partial charge in [0.15, 0.2) is 0 Å². The minimum Gasteiger partial charge on any atom is -0.506 e. The van der Waals surface area contributed by atoms with Gasteiger partial charge in [-0.25, -0.2) is 4.21 Å². The number of phenols is 2. The second-order valence-corrected chi connectivity index (χ2v) is 10.7. The lowest BCUT2D eigenvalue weighted by atomic mass is 9.86. The molecule has 2 N–H and O–H groups in total. The molecule has 0 atom stereocenters. The highest BCUT2D eigenvalue weighted by molar-refractivity contribution is 7.85. The van der Waals surface area contributed by atoms with Crippen molar-refractivity contribution in [1.29, 1.82) is 0 Å². The number of phenolic OH excluding ortho intramolecular Hbond substituents is 2. The highest BCUT2D eigenvalue weighted by Gasteiger charge is 2.28. The fourth-order valence-electron chi connectivity index (χ4n) is 2.69. The van der Waals surface area contributed by atoms with Crippen LogP contribution in [-0.2, 0) is 21.6 Å². The van der Waals surface area contributed by atoms with Crippen LogP contribution in [-0.4, -0.2) is 14.4 Å². The predicted molar refractivity (Wildman–Crippen MR) is 108 cm³/mol. The first-order valence-corrected chi connectivity index (χ1v) is 10.1. The second kappa shape index (κ2) is 7.06. The second-order valence-electron chi connectivity index (χ2n) is 8.37. The highest BCUT2D eigenvalue weighted by Crippen LogP contribution is 2.43. The maximum atomic E-state index is 13.2. The van der Waals surface area contributed by atoms with E-state index >= 15 is 0 Å². The van der Waals surface area contributed by atoms with Crippen LogP contribution < -0.4 is 0 Å². The van der Waals surface area contributed by atoms with Gasteiger partial charge in [0.25, 0.3) is 0 Å². The number of benzene rings is 2. The molecular weight excluding hydrogens is 391 g/mol. The Morgan fingerprint density at radius 1 is 0.731 bits per heavy atom. The van der Waals surface area contributed by atoms with Crippen molar-refractivity contribution in [2.24, 2.45) is 0 Å². The fraction of sp³-hybridized carbons (Fsp3) is 0.400. The summed E-state index contributed by atoms with van der Waals surface area (Å²) in [6, 6.07) is 6.24. The van der Waals surface area contributed by atoms with Crippen LogP contribution in [0, 0.1) is 0 Å². The Hall–Kier alpha value is -1.23. The van der Waals surface area contributed by atoms with Gasteiger partial charge >= 0.3 is 0 Å². The quantitative estimate of drug-likeness (QED) is 0.617. The molecular formula is C20H24Cl2O3S. The van der Waals surface area contributed by atoms with Crippen LogP contribution in [0.2, 0.25) is 10.0 Å². The van der Waals surface area contributed by atoms with E-state index in [0.717, 1.165) is 0 Å². The van der Waals surface area contributed by atoms with Crippen molar-refractivity contribution in [2.45, 2.75) is 62.2 Å². The molecule has 0 aliphatic carbocycles. The topological polar surface area (TPSA) is 57.5 Å². The molecule has 6 heteroatoms. The van der Waals surface area contributed by atoms with E-state index in [4.69, 9.17) is 23.2 Å². The minimum atomic E-state index is -1.85. The number of hydrogen-bond acceptors (Lipinski definition) is 3. The molecule has 26 heavy (non-hydrogen) atoms. The third-order valence-electron chi connectivity index (χ3n) is 4.09. The van der Waals surface area contributed by atoms with Gasteiger partial charge in [0.1, 0.15) is 11.5 Å². The summed E-state index contributed by atoms with van der Waals surface area (Å²) < 4.78 is 13.2. The molecule has 0 saturated heterocycles. The zero-order valence-electron chi connectivity index (χ0n) is 15.8. The van der Waals surface area contributed by atoms with Gasteiger partial charge in [-0.2, -0.15) is 0 Å². The Morgan fingerprint density at radius 2 is 1.04 bits per heavy atom. The molecule has 0 aliphatic rings. The maximum absolute atomic E-state index is 13.2. The highest BCUT2D eigenvalue weighted by atomic mass is 35.5. The van der Waals surface area contributed by atoms with E-state index in [1.807, 2.05) is 41.5 Å². The normalized spacial score (nSPS) is 12.7. The van der Waals surface area contributed by atoms with Crippen LogP contribution in [0.5, 0.6) is 11.5 Å². The van der Waals surface area contributed by atoms with Crippen molar-refractivity contribution in [2.75, 3.05) is 0 Å². The summed E-state index contributed by atoms with van der Waals surface area (Å²) in [4.78, 5) is 0.305. The standard InChI is InChI=1S/C20H24Cl2O3S/c1-19(2,3)13-7-11(21)9-15(17(13)23)26(25)16-10-12(22)8-14(18(16)24)20(4,5)6/h7-10,23-24H,1-6H3. The SMILES string of the molecule is CC(C)(C)c1cc(Cl)cc(S(=O)c2cc(Cl)cc(C(C)(C)C)c2O)c1O. The molecule has 0 bridgehead atoms. The smallest absolute Gasteiger partial charge is 0.135 e. The number of hydrogen-bond donors (Lipinski definition) is 2. The molecule has 0 saturated carbocycles. The molecule has 0 spiro atoms. The largest absolute Gasteiger partial charge is 0.506 e. The fourth-order valence-corrected chi connectivity index (χ4v) is 4.53. The number of rotatable bonds is 2. The number of halogens is 2. The van der Waals surface area contributed by atoms with Gasteiger partial charge in [-0.3, -0.25) is 0 Å². The zero-order chi connectivity index (χ0) is 20.0. The Kier molecular flexibility index (Phi) is 5.73. The van der Waals surface area contributed by atoms with Gasteiger partial charge in [-0.1, -0.05) is 64.7 Å². The Balaban J connectivity index is 2.72. The molecule has 3 nitrogen and oxygen atoms in total. The molecule has 0 fully saturated rings. The molecule has 0 heterocycles. The minimum absolute atomic E-state index is 0.0862. The van der Waals surface area contributed by atoms with Gasteiger partial charge in [0.05, 0.1) is 20.6 Å². The van der Waals surface area contributed by atoms with Crippen molar-refractivity contribution < 1.29 is 14.4 Å². The lowest BCUT2D eigenvalue weighted by Crippen LogP contribution is -2.14. The van der Waals surface area contributed by atoms with Crippen molar-refractivity contribution in [3.63, 3.8) is 0 Å². The third-order valence-corrected chi connectivity index (χ3v) is 5.95. The van der Waals surface area contributed by atoms with Crippen LogP contribution in [0.1, 0.15) is 52.7 Å². The lowest BCUT2D eigenvalue weighted by molar-refractivity contribution is 0.430. The van der Waals surface area contributed by atoms with Crippen molar-refractivity contribution in [3.05, 3.63) is 45.4 Å². The lowest BCUT2D eigenvalue weighted by Gasteiger charge is -2.24. The molecule has 142 valence electrons. The molecule has 0 unspecified atom stereocenters. The Morgan fingerprint density at radius 3 is 1.31 bits per heavy atom. The first-order chi connectivity index (χ1) is 11.7. The van der Waals surface area contributed by atoms with E-state index in [1.54, 1.807) is 12.1 Å². The van der Waals surface area contributed by atoms with Gasteiger partial charge in [-0.05, 0) is 35.1 Å². The first kappa shape index (κ1) is 21.1. The van der Waals surface area contributed by atoms with Gasteiger partial charge in [-0.15, -0.1) is 0 Å². The van der Waals surface area contributed by atoms with Crippen LogP contribution in [0.25, 0.3) is 0 Å². The number of aromatic hydroxyl groups is 2. The van der Waals surface area contributed by atoms with E-state index in [0.29, 0.717) is 21.2 Å². The monoisotopic (exact) mass is 414 g/mol. The van der Waals surface area contributed by atoms with E-state index in [2.05, 4.69) is 0 Å². The van der Waals surface area contributed by atoms with Crippen LogP contribution >= 0.6 is 23.2 Å². The molecule has 0 radical (unpaired) electrons. The summed E-state index contributed by atoms with van der Waals surface area (Å²) in [6.07, 6.45) is 0. The third kappa shape index (κ3) is 4.19. The molecule has 0 aromatic heterocycles. The zero-order valence-corrected chi connectivity index (χ0v) is 18.1. The van der Waals surface area contributed by atoms with Gasteiger partial charge < -0.3 is 10.2 Å². The molecule has 0 aliphatic heterocycles. The summed E-state index contributed by atoms with van der Waals surface area (Å²) >= 11 is 12.4. The summed E-state index contributed by atoms with van der Waals surface area (Å²) in [5.74, 6) is -0.172. The van der Waals surface area contributed by atoms with Crippen molar-refractivity contribution in [1.82, 2.24) is 0 Å². The van der Waals surface area contributed by atoms with Crippen molar-refractivity contribution in [3.8, 4) is 11.5 Å². The molecule has 2 rings (SSSR count). The Labute approximate surface area is 167 Å². The van der Waals surface area contributed by atoms with E-state index < -0.39 is 10.8 Å². The maximum Gasteiger partial charge on any atom is 0.135 e. The van der Waals surface area contributed by atoms with Crippen LogP contribution in [0.4, 0.5) is 0 Å². The van der Waals surface area contributed by atoms with Crippen molar-refractivity contribution >= 4 is 34.0 Å².